The van der Waals surface area contributed by atoms with Gasteiger partial charge in [0.25, 0.3) is 0 Å². The average Bonchev–Trinajstić information content (AvgIpc) is 3.30. The van der Waals surface area contributed by atoms with Gasteiger partial charge >= 0.3 is 11.9 Å². The topological polar surface area (TPSA) is 281 Å². The molecule has 4 atom stereocenters. The Hall–Kier alpha value is -4.21. The number of aromatic amines is 1. The minimum Gasteiger partial charge on any atom is -0.481 e. The number of aromatic nitrogens is 2. The Labute approximate surface area is 206 Å². The third kappa shape index (κ3) is 11.3. The molecule has 1 heterocycles. The molecule has 3 amide bonds. The van der Waals surface area contributed by atoms with E-state index in [4.69, 9.17) is 22.3 Å². The monoisotopic (exact) mass is 511 g/mol. The molecule has 36 heavy (non-hydrogen) atoms. The molecule has 0 aliphatic heterocycles. The number of hydrogen-bond acceptors (Lipinski definition) is 8. The van der Waals surface area contributed by atoms with E-state index in [1.165, 1.54) is 19.4 Å². The van der Waals surface area contributed by atoms with Crippen molar-refractivity contribution in [3.63, 3.8) is 0 Å². The zero-order chi connectivity index (χ0) is 27.3. The van der Waals surface area contributed by atoms with Gasteiger partial charge in [0, 0.05) is 31.3 Å². The average molecular weight is 512 g/mol. The van der Waals surface area contributed by atoms with Gasteiger partial charge in [0.15, 0.2) is 5.96 Å². The maximum Gasteiger partial charge on any atom is 0.326 e. The summed E-state index contributed by atoms with van der Waals surface area (Å²) in [6.45, 7) is 1.49. The third-order valence-electron chi connectivity index (χ3n) is 4.92. The second-order valence-electron chi connectivity index (χ2n) is 7.96. The Kier molecular flexibility index (Phi) is 12.4. The molecule has 1 aromatic rings. The molecule has 0 fully saturated rings. The predicted octanol–water partition coefficient (Wildman–Crippen LogP) is -3.24. The number of aliphatic imine (C=N–C) groups is 1. The van der Waals surface area contributed by atoms with Crippen LogP contribution in [-0.4, -0.2) is 86.5 Å². The van der Waals surface area contributed by atoms with Gasteiger partial charge in [-0.25, -0.2) is 9.78 Å². The SMILES string of the molecule is CC(NC(=O)C(N)Cc1cnc[nH]1)C(=O)NC(CCC(=O)O)C(=O)NC(CCCN=C(N)N)C(=O)O. The quantitative estimate of drug-likeness (QED) is 0.0603. The first-order chi connectivity index (χ1) is 16.9. The van der Waals surface area contributed by atoms with E-state index in [9.17, 15) is 29.1 Å². The van der Waals surface area contributed by atoms with Gasteiger partial charge in [-0.15, -0.1) is 0 Å². The van der Waals surface area contributed by atoms with Crippen LogP contribution in [0.2, 0.25) is 0 Å². The van der Waals surface area contributed by atoms with Crippen LogP contribution in [0.3, 0.4) is 0 Å². The van der Waals surface area contributed by atoms with Gasteiger partial charge in [-0.2, -0.15) is 0 Å². The number of aliphatic carboxylic acids is 2. The summed E-state index contributed by atoms with van der Waals surface area (Å²) in [5.41, 5.74) is 16.9. The first-order valence-corrected chi connectivity index (χ1v) is 11.0. The van der Waals surface area contributed by atoms with Crippen LogP contribution >= 0.6 is 0 Å². The fourth-order valence-corrected chi connectivity index (χ4v) is 2.98. The Morgan fingerprint density at radius 3 is 2.25 bits per heavy atom. The molecule has 16 heteroatoms. The standard InChI is InChI=1S/C20H33N9O7/c1-10(27-17(33)12(21)7-11-8-24-9-26-11)16(32)28-13(4-5-15(30)31)18(34)29-14(19(35)36)3-2-6-25-20(22)23/h8-10,12-14H,2-7,21H2,1H3,(H,24,26)(H,27,33)(H,28,32)(H,29,34)(H,30,31)(H,35,36)(H4,22,23,25). The number of nitrogens with one attached hydrogen (secondary N) is 4. The number of amides is 3. The van der Waals surface area contributed by atoms with E-state index >= 15 is 0 Å². The van der Waals surface area contributed by atoms with Crippen LogP contribution in [0.25, 0.3) is 0 Å². The lowest BCUT2D eigenvalue weighted by molar-refractivity contribution is -0.143. The second-order valence-corrected chi connectivity index (χ2v) is 7.96. The number of hydrogen-bond donors (Lipinski definition) is 9. The molecule has 0 bridgehead atoms. The number of imidazole rings is 1. The van der Waals surface area contributed by atoms with Crippen molar-refractivity contribution in [3.05, 3.63) is 18.2 Å². The summed E-state index contributed by atoms with van der Waals surface area (Å²) in [5.74, 6) is -5.03. The summed E-state index contributed by atoms with van der Waals surface area (Å²) in [6.07, 6.45) is 2.51. The van der Waals surface area contributed by atoms with Gasteiger partial charge in [0.1, 0.15) is 18.1 Å². The molecule has 0 aliphatic carbocycles. The maximum atomic E-state index is 12.7. The second kappa shape index (κ2) is 14.9. The fraction of sp³-hybridized carbons (Fsp3) is 0.550. The Balaban J connectivity index is 2.76. The lowest BCUT2D eigenvalue weighted by Crippen LogP contribution is -2.56. The van der Waals surface area contributed by atoms with Crippen molar-refractivity contribution < 1.29 is 34.2 Å². The molecule has 0 aromatic carbocycles. The van der Waals surface area contributed by atoms with E-state index in [1.54, 1.807) is 0 Å². The van der Waals surface area contributed by atoms with Gasteiger partial charge in [0.05, 0.1) is 12.4 Å². The van der Waals surface area contributed by atoms with Gasteiger partial charge in [-0.1, -0.05) is 0 Å². The molecule has 0 spiro atoms. The smallest absolute Gasteiger partial charge is 0.326 e. The lowest BCUT2D eigenvalue weighted by Gasteiger charge is -2.23. The lowest BCUT2D eigenvalue weighted by atomic mass is 10.1. The summed E-state index contributed by atoms with van der Waals surface area (Å²) >= 11 is 0. The summed E-state index contributed by atoms with van der Waals surface area (Å²) < 4.78 is 0. The van der Waals surface area contributed by atoms with E-state index < -0.39 is 60.2 Å². The largest absolute Gasteiger partial charge is 0.481 e. The normalized spacial score (nSPS) is 13.9. The van der Waals surface area contributed by atoms with Crippen molar-refractivity contribution in [3.8, 4) is 0 Å². The van der Waals surface area contributed by atoms with Crippen LogP contribution < -0.4 is 33.2 Å². The number of nitrogens with two attached hydrogens (primary N) is 3. The Morgan fingerprint density at radius 1 is 1.03 bits per heavy atom. The molecular formula is C20H33N9O7. The first kappa shape index (κ1) is 29.8. The summed E-state index contributed by atoms with van der Waals surface area (Å²) in [6, 6.07) is -4.80. The molecule has 0 saturated carbocycles. The van der Waals surface area contributed by atoms with Crippen LogP contribution in [-0.2, 0) is 30.4 Å². The number of carbonyl (C=O) groups is 5. The van der Waals surface area contributed by atoms with Crippen LogP contribution in [0, 0.1) is 0 Å². The number of carboxylic acid groups (broad SMARTS) is 2. The molecule has 200 valence electrons. The van der Waals surface area contributed by atoms with Crippen LogP contribution in [0.15, 0.2) is 17.5 Å². The molecule has 0 saturated heterocycles. The van der Waals surface area contributed by atoms with E-state index in [-0.39, 0.29) is 38.2 Å². The highest BCUT2D eigenvalue weighted by Gasteiger charge is 2.29. The Morgan fingerprint density at radius 2 is 1.69 bits per heavy atom. The predicted molar refractivity (Wildman–Crippen MR) is 126 cm³/mol. The van der Waals surface area contributed by atoms with Gasteiger partial charge in [-0.05, 0) is 26.2 Å². The highest BCUT2D eigenvalue weighted by atomic mass is 16.4. The molecule has 0 aliphatic rings. The van der Waals surface area contributed by atoms with Crippen LogP contribution in [0.4, 0.5) is 0 Å². The third-order valence-corrected chi connectivity index (χ3v) is 4.92. The zero-order valence-corrected chi connectivity index (χ0v) is 19.8. The van der Waals surface area contributed by atoms with Gasteiger partial charge < -0.3 is 48.3 Å². The first-order valence-electron chi connectivity index (χ1n) is 11.0. The minimum atomic E-state index is -1.37. The fourth-order valence-electron chi connectivity index (χ4n) is 2.98. The number of H-pyrrole nitrogens is 1. The molecule has 12 N–H and O–H groups in total. The maximum absolute atomic E-state index is 12.7. The van der Waals surface area contributed by atoms with Crippen molar-refractivity contribution >= 4 is 35.6 Å². The number of guanidine groups is 1. The van der Waals surface area contributed by atoms with Gasteiger partial charge in [0.2, 0.25) is 17.7 Å². The summed E-state index contributed by atoms with van der Waals surface area (Å²) in [4.78, 5) is 70.5. The molecule has 0 radical (unpaired) electrons. The highest BCUT2D eigenvalue weighted by molar-refractivity contribution is 5.94. The molecular weight excluding hydrogens is 478 g/mol. The van der Waals surface area contributed by atoms with Crippen molar-refractivity contribution in [2.45, 2.75) is 63.2 Å². The van der Waals surface area contributed by atoms with E-state index in [0.717, 1.165) is 0 Å². The summed E-state index contributed by atoms with van der Waals surface area (Å²) in [5, 5.41) is 25.4. The van der Waals surface area contributed by atoms with Gasteiger partial charge in [-0.3, -0.25) is 24.2 Å². The van der Waals surface area contributed by atoms with Crippen molar-refractivity contribution in [2.75, 3.05) is 6.54 Å². The highest BCUT2D eigenvalue weighted by Crippen LogP contribution is 2.04. The van der Waals surface area contributed by atoms with Crippen molar-refractivity contribution in [2.24, 2.45) is 22.2 Å². The van der Waals surface area contributed by atoms with Crippen LogP contribution in [0.1, 0.15) is 38.3 Å². The Bertz CT molecular complexity index is 932. The molecule has 1 rings (SSSR count). The van der Waals surface area contributed by atoms with Crippen molar-refractivity contribution in [1.29, 1.82) is 0 Å². The number of carbonyl (C=O) groups excluding carboxylic acids is 3. The molecule has 1 aromatic heterocycles. The van der Waals surface area contributed by atoms with E-state index in [0.29, 0.717) is 5.69 Å². The minimum absolute atomic E-state index is 0.0157. The number of nitrogens with zero attached hydrogens (tertiary/aromatic N) is 2. The van der Waals surface area contributed by atoms with E-state index in [2.05, 4.69) is 30.9 Å². The van der Waals surface area contributed by atoms with Crippen molar-refractivity contribution in [1.82, 2.24) is 25.9 Å². The van der Waals surface area contributed by atoms with E-state index in [1.807, 2.05) is 0 Å². The number of carboxylic acids is 2. The number of rotatable bonds is 16. The zero-order valence-electron chi connectivity index (χ0n) is 19.8. The molecule has 16 nitrogen and oxygen atoms in total. The summed E-state index contributed by atoms with van der Waals surface area (Å²) in [7, 11) is 0. The molecule has 4 unspecified atom stereocenters. The van der Waals surface area contributed by atoms with Crippen LogP contribution in [0.5, 0.6) is 0 Å².